The molecule has 26 heavy (non-hydrogen) atoms. The molecule has 1 fully saturated rings. The Morgan fingerprint density at radius 1 is 1.04 bits per heavy atom. The third kappa shape index (κ3) is 2.73. The van der Waals surface area contributed by atoms with Gasteiger partial charge in [0.05, 0.1) is 30.2 Å². The Morgan fingerprint density at radius 3 is 1.96 bits per heavy atom. The first-order valence-corrected chi connectivity index (χ1v) is 7.63. The van der Waals surface area contributed by atoms with Crippen molar-refractivity contribution in [3.8, 4) is 30.0 Å². The highest BCUT2D eigenvalue weighted by Crippen LogP contribution is 2.73. The topological polar surface area (TPSA) is 131 Å². The number of benzene rings is 1. The SMILES string of the molecule is C=C(C)C(=O)OCCOc1ccc(C2C(C#N)(C#N)C2(C#N)C#N)cc1. The lowest BCUT2D eigenvalue weighted by Crippen LogP contribution is -2.12. The maximum absolute atomic E-state index is 11.2. The van der Waals surface area contributed by atoms with E-state index < -0.39 is 22.7 Å². The van der Waals surface area contributed by atoms with Gasteiger partial charge in [-0.2, -0.15) is 21.0 Å². The maximum atomic E-state index is 11.2. The lowest BCUT2D eigenvalue weighted by molar-refractivity contribution is -0.139. The van der Waals surface area contributed by atoms with Crippen molar-refractivity contribution < 1.29 is 14.3 Å². The molecular weight excluding hydrogens is 332 g/mol. The van der Waals surface area contributed by atoms with E-state index in [0.717, 1.165) is 0 Å². The molecule has 0 unspecified atom stereocenters. The van der Waals surface area contributed by atoms with Gasteiger partial charge in [0.1, 0.15) is 19.0 Å². The van der Waals surface area contributed by atoms with E-state index in [-0.39, 0.29) is 13.2 Å². The summed E-state index contributed by atoms with van der Waals surface area (Å²) in [4.78, 5) is 11.2. The summed E-state index contributed by atoms with van der Waals surface area (Å²) in [6, 6.07) is 13.7. The van der Waals surface area contributed by atoms with Crippen LogP contribution in [-0.4, -0.2) is 19.2 Å². The van der Waals surface area contributed by atoms with Gasteiger partial charge in [0.25, 0.3) is 0 Å². The van der Waals surface area contributed by atoms with Crippen LogP contribution in [0.15, 0.2) is 36.4 Å². The number of carbonyl (C=O) groups excluding carboxylic acids is 1. The van der Waals surface area contributed by atoms with Gasteiger partial charge in [-0.15, -0.1) is 0 Å². The molecule has 0 atom stereocenters. The Labute approximate surface area is 150 Å². The van der Waals surface area contributed by atoms with Crippen LogP contribution in [0.1, 0.15) is 18.4 Å². The number of esters is 1. The predicted molar refractivity (Wildman–Crippen MR) is 87.8 cm³/mol. The predicted octanol–water partition coefficient (Wildman–Crippen LogP) is 2.35. The second-order valence-electron chi connectivity index (χ2n) is 5.83. The van der Waals surface area contributed by atoms with Crippen molar-refractivity contribution in [1.29, 1.82) is 21.0 Å². The molecular formula is C19H14N4O3. The molecule has 1 aliphatic carbocycles. The summed E-state index contributed by atoms with van der Waals surface area (Å²) in [6.07, 6.45) is 0. The van der Waals surface area contributed by atoms with Crippen molar-refractivity contribution in [3.63, 3.8) is 0 Å². The molecule has 7 heteroatoms. The van der Waals surface area contributed by atoms with Crippen LogP contribution in [0.2, 0.25) is 0 Å². The quantitative estimate of drug-likeness (QED) is 0.439. The highest BCUT2D eigenvalue weighted by Gasteiger charge is 2.81. The second kappa shape index (κ2) is 6.98. The summed E-state index contributed by atoms with van der Waals surface area (Å²) in [5.74, 6) is -0.809. The molecule has 1 aliphatic rings. The van der Waals surface area contributed by atoms with Crippen LogP contribution in [0.4, 0.5) is 0 Å². The van der Waals surface area contributed by atoms with Crippen molar-refractivity contribution in [2.75, 3.05) is 13.2 Å². The third-order valence-electron chi connectivity index (χ3n) is 4.26. The summed E-state index contributed by atoms with van der Waals surface area (Å²) in [5.41, 5.74) is -2.50. The van der Waals surface area contributed by atoms with Gasteiger partial charge in [-0.05, 0) is 24.6 Å². The Balaban J connectivity index is 2.05. The highest BCUT2D eigenvalue weighted by atomic mass is 16.6. The standard InChI is InChI=1S/C19H14N4O3/c1-13(2)17(24)26-8-7-25-15-5-3-14(4-6-15)16-18(9-20,10-21)19(16,11-22)12-23/h3-6,16H,1,7-8H2,2H3. The van der Waals surface area contributed by atoms with Crippen molar-refractivity contribution in [2.45, 2.75) is 12.8 Å². The molecule has 0 aliphatic heterocycles. The van der Waals surface area contributed by atoms with Gasteiger partial charge in [-0.1, -0.05) is 18.7 Å². The Hall–Kier alpha value is -3.81. The number of ether oxygens (including phenoxy) is 2. The highest BCUT2D eigenvalue weighted by molar-refractivity contribution is 5.86. The summed E-state index contributed by atoms with van der Waals surface area (Å²) >= 11 is 0. The molecule has 1 aromatic rings. The number of hydrogen-bond acceptors (Lipinski definition) is 7. The van der Waals surface area contributed by atoms with Crippen LogP contribution >= 0.6 is 0 Å². The molecule has 0 spiro atoms. The van der Waals surface area contributed by atoms with E-state index in [1.807, 2.05) is 24.3 Å². The normalized spacial score (nSPS) is 16.0. The Bertz CT molecular complexity index is 841. The van der Waals surface area contributed by atoms with Crippen molar-refractivity contribution >= 4 is 5.97 Å². The minimum absolute atomic E-state index is 0.0635. The molecule has 0 aromatic heterocycles. The van der Waals surface area contributed by atoms with Crippen LogP contribution in [0.25, 0.3) is 0 Å². The summed E-state index contributed by atoms with van der Waals surface area (Å²) < 4.78 is 10.3. The molecule has 0 N–H and O–H groups in total. The molecule has 0 radical (unpaired) electrons. The van der Waals surface area contributed by atoms with Gasteiger partial charge in [0, 0.05) is 5.57 Å². The van der Waals surface area contributed by atoms with E-state index in [0.29, 0.717) is 16.9 Å². The summed E-state index contributed by atoms with van der Waals surface area (Å²) in [5, 5.41) is 37.3. The lowest BCUT2D eigenvalue weighted by atomic mass is 9.98. The summed E-state index contributed by atoms with van der Waals surface area (Å²) in [7, 11) is 0. The van der Waals surface area contributed by atoms with Crippen molar-refractivity contribution in [1.82, 2.24) is 0 Å². The minimum Gasteiger partial charge on any atom is -0.490 e. The smallest absolute Gasteiger partial charge is 0.333 e. The fourth-order valence-electron chi connectivity index (χ4n) is 2.81. The van der Waals surface area contributed by atoms with E-state index in [1.165, 1.54) is 0 Å². The summed E-state index contributed by atoms with van der Waals surface area (Å²) in [6.45, 7) is 5.22. The molecule has 128 valence electrons. The average molecular weight is 346 g/mol. The largest absolute Gasteiger partial charge is 0.490 e. The number of carbonyl (C=O) groups is 1. The van der Waals surface area contributed by atoms with E-state index in [1.54, 1.807) is 31.2 Å². The van der Waals surface area contributed by atoms with Crippen molar-refractivity contribution in [3.05, 3.63) is 42.0 Å². The molecule has 1 saturated carbocycles. The number of nitrogens with zero attached hydrogens (tertiary/aromatic N) is 4. The van der Waals surface area contributed by atoms with E-state index in [4.69, 9.17) is 9.47 Å². The van der Waals surface area contributed by atoms with E-state index >= 15 is 0 Å². The number of nitriles is 4. The first-order valence-electron chi connectivity index (χ1n) is 7.63. The zero-order valence-electron chi connectivity index (χ0n) is 14.0. The molecule has 7 nitrogen and oxygen atoms in total. The molecule has 2 rings (SSSR count). The zero-order valence-corrected chi connectivity index (χ0v) is 14.0. The number of rotatable bonds is 6. The molecule has 0 amide bonds. The van der Waals surface area contributed by atoms with Crippen LogP contribution < -0.4 is 4.74 Å². The van der Waals surface area contributed by atoms with Crippen LogP contribution in [0, 0.1) is 56.2 Å². The van der Waals surface area contributed by atoms with Gasteiger partial charge in [-0.25, -0.2) is 4.79 Å². The van der Waals surface area contributed by atoms with Gasteiger partial charge in [-0.3, -0.25) is 0 Å². The molecule has 0 saturated heterocycles. The molecule has 1 aromatic carbocycles. The van der Waals surface area contributed by atoms with Gasteiger partial charge < -0.3 is 9.47 Å². The van der Waals surface area contributed by atoms with Crippen molar-refractivity contribution in [2.24, 2.45) is 10.8 Å². The monoisotopic (exact) mass is 346 g/mol. The fourth-order valence-corrected chi connectivity index (χ4v) is 2.81. The number of hydrogen-bond donors (Lipinski definition) is 0. The van der Waals surface area contributed by atoms with Crippen LogP contribution in [0.3, 0.4) is 0 Å². The molecule has 0 heterocycles. The molecule has 0 bridgehead atoms. The first-order chi connectivity index (χ1) is 12.4. The lowest BCUT2D eigenvalue weighted by Gasteiger charge is -2.08. The minimum atomic E-state index is -1.67. The van der Waals surface area contributed by atoms with Gasteiger partial charge in [0.15, 0.2) is 10.8 Å². The van der Waals surface area contributed by atoms with E-state index in [2.05, 4.69) is 6.58 Å². The van der Waals surface area contributed by atoms with Crippen LogP contribution in [0.5, 0.6) is 5.75 Å². The van der Waals surface area contributed by atoms with Gasteiger partial charge in [0.2, 0.25) is 0 Å². The average Bonchev–Trinajstić information content (AvgIpc) is 3.28. The Kier molecular flexibility index (Phi) is 4.97. The first kappa shape index (κ1) is 18.5. The van der Waals surface area contributed by atoms with Gasteiger partial charge >= 0.3 is 5.97 Å². The second-order valence-corrected chi connectivity index (χ2v) is 5.83. The zero-order chi connectivity index (χ0) is 19.4. The third-order valence-corrected chi connectivity index (χ3v) is 4.26. The fraction of sp³-hybridized carbons (Fsp3) is 0.316. The maximum Gasteiger partial charge on any atom is 0.333 e. The van der Waals surface area contributed by atoms with Crippen LogP contribution in [-0.2, 0) is 9.53 Å². The van der Waals surface area contributed by atoms with E-state index in [9.17, 15) is 25.8 Å². The Morgan fingerprint density at radius 2 is 1.54 bits per heavy atom.